The van der Waals surface area contributed by atoms with E-state index >= 15 is 0 Å². The van der Waals surface area contributed by atoms with Gasteiger partial charge in [0.2, 0.25) is 0 Å². The molecule has 0 fully saturated rings. The zero-order chi connectivity index (χ0) is 26.5. The highest BCUT2D eigenvalue weighted by Gasteiger charge is 2.16. The van der Waals surface area contributed by atoms with Crippen LogP contribution in [0.1, 0.15) is 29.9 Å². The number of rotatable bonds is 9. The fourth-order valence-electron chi connectivity index (χ4n) is 4.51. The number of para-hydroxylation sites is 1. The van der Waals surface area contributed by atoms with Gasteiger partial charge in [-0.1, -0.05) is 66.7 Å². The van der Waals surface area contributed by atoms with Crippen molar-refractivity contribution in [1.82, 2.24) is 9.97 Å². The summed E-state index contributed by atoms with van der Waals surface area (Å²) in [7, 11) is 3.25. The minimum atomic E-state index is -0.0158. The van der Waals surface area contributed by atoms with Crippen molar-refractivity contribution in [2.24, 2.45) is 0 Å². The van der Waals surface area contributed by atoms with E-state index in [2.05, 4.69) is 59.7 Å². The van der Waals surface area contributed by atoms with Gasteiger partial charge in [0.1, 0.15) is 24.0 Å². The van der Waals surface area contributed by atoms with Gasteiger partial charge in [-0.05, 0) is 48.7 Å². The second kappa shape index (κ2) is 11.2. The molecule has 0 aliphatic heterocycles. The molecule has 6 heteroatoms. The van der Waals surface area contributed by atoms with Crippen LogP contribution in [0.2, 0.25) is 0 Å². The van der Waals surface area contributed by atoms with E-state index in [-0.39, 0.29) is 6.04 Å². The molecule has 5 aromatic rings. The summed E-state index contributed by atoms with van der Waals surface area (Å²) in [6, 6.07) is 30.6. The van der Waals surface area contributed by atoms with Crippen LogP contribution in [-0.2, 0) is 6.61 Å². The summed E-state index contributed by atoms with van der Waals surface area (Å²) in [6.45, 7) is 4.53. The molecule has 0 saturated carbocycles. The van der Waals surface area contributed by atoms with Crippen molar-refractivity contribution in [3.63, 3.8) is 0 Å². The molecule has 1 heterocycles. The number of fused-ring (bicyclic) bond motifs is 1. The highest BCUT2D eigenvalue weighted by Crippen LogP contribution is 2.36. The summed E-state index contributed by atoms with van der Waals surface area (Å²) < 4.78 is 17.2. The van der Waals surface area contributed by atoms with E-state index in [4.69, 9.17) is 19.2 Å². The lowest BCUT2D eigenvalue weighted by molar-refractivity contribution is 0.307. The number of ether oxygens (including phenoxy) is 3. The Bertz CT molecular complexity index is 1550. The van der Waals surface area contributed by atoms with Crippen molar-refractivity contribution in [1.29, 1.82) is 0 Å². The number of hydrogen-bond acceptors (Lipinski definition) is 6. The van der Waals surface area contributed by atoms with Gasteiger partial charge in [-0.2, -0.15) is 0 Å². The molecular weight excluding hydrogens is 474 g/mol. The van der Waals surface area contributed by atoms with Crippen LogP contribution in [0.25, 0.3) is 22.0 Å². The van der Waals surface area contributed by atoms with E-state index in [1.807, 2.05) is 55.5 Å². The average Bonchev–Trinajstić information content (AvgIpc) is 2.96. The van der Waals surface area contributed by atoms with Crippen LogP contribution in [0.15, 0.2) is 91.0 Å². The monoisotopic (exact) mass is 505 g/mol. The normalized spacial score (nSPS) is 11.7. The van der Waals surface area contributed by atoms with E-state index in [1.54, 1.807) is 14.2 Å². The van der Waals surface area contributed by atoms with E-state index in [0.717, 1.165) is 44.7 Å². The Morgan fingerprint density at radius 2 is 1.50 bits per heavy atom. The topological polar surface area (TPSA) is 65.5 Å². The lowest BCUT2D eigenvalue weighted by Crippen LogP contribution is -2.10. The van der Waals surface area contributed by atoms with Crippen LogP contribution in [0.4, 0.5) is 5.82 Å². The number of anilines is 1. The minimum absolute atomic E-state index is 0.0158. The zero-order valence-corrected chi connectivity index (χ0v) is 22.1. The Morgan fingerprint density at radius 1 is 0.763 bits per heavy atom. The largest absolute Gasteiger partial charge is 0.493 e. The predicted octanol–water partition coefficient (Wildman–Crippen LogP) is 7.37. The second-order valence-corrected chi connectivity index (χ2v) is 9.11. The standard InChI is InChI=1S/C32H31N3O3/c1-21(33-32-27-18-30(36-3)31(37-4)19-28(27)34-22(2)35-32)24-13-10-14-25(17-24)26-15-8-9-16-29(26)38-20-23-11-6-5-7-12-23/h5-19,21H,20H2,1-4H3,(H,33,34,35)/t21-/m1/s1. The SMILES string of the molecule is COc1cc2nc(C)nc(N[C@H](C)c3cccc(-c4ccccc4OCc4ccccc4)c3)c2cc1OC. The quantitative estimate of drug-likeness (QED) is 0.226. The van der Waals surface area contributed by atoms with Gasteiger partial charge in [0.15, 0.2) is 11.5 Å². The molecule has 0 aliphatic carbocycles. The van der Waals surface area contributed by atoms with Crippen molar-refractivity contribution >= 4 is 16.7 Å². The molecule has 0 saturated heterocycles. The van der Waals surface area contributed by atoms with E-state index in [9.17, 15) is 0 Å². The smallest absolute Gasteiger partial charge is 0.162 e. The van der Waals surface area contributed by atoms with E-state index in [1.165, 1.54) is 0 Å². The van der Waals surface area contributed by atoms with Gasteiger partial charge >= 0.3 is 0 Å². The first-order chi connectivity index (χ1) is 18.6. The van der Waals surface area contributed by atoms with Crippen molar-refractivity contribution in [3.8, 4) is 28.4 Å². The maximum Gasteiger partial charge on any atom is 0.162 e. The van der Waals surface area contributed by atoms with Crippen LogP contribution >= 0.6 is 0 Å². The Kier molecular flexibility index (Phi) is 7.40. The summed E-state index contributed by atoms with van der Waals surface area (Å²) in [5.41, 5.74) is 5.21. The van der Waals surface area contributed by atoms with Gasteiger partial charge in [0.25, 0.3) is 0 Å². The van der Waals surface area contributed by atoms with Gasteiger partial charge < -0.3 is 19.5 Å². The molecule has 0 radical (unpaired) electrons. The summed E-state index contributed by atoms with van der Waals surface area (Å²) in [5, 5.41) is 4.46. The molecule has 0 bridgehead atoms. The Morgan fingerprint density at radius 3 is 2.29 bits per heavy atom. The fourth-order valence-corrected chi connectivity index (χ4v) is 4.51. The van der Waals surface area contributed by atoms with Crippen molar-refractivity contribution < 1.29 is 14.2 Å². The third-order valence-corrected chi connectivity index (χ3v) is 6.49. The lowest BCUT2D eigenvalue weighted by atomic mass is 9.99. The molecular formula is C32H31N3O3. The van der Waals surface area contributed by atoms with E-state index in [0.29, 0.717) is 23.9 Å². The molecule has 6 nitrogen and oxygen atoms in total. The highest BCUT2D eigenvalue weighted by atomic mass is 16.5. The molecule has 38 heavy (non-hydrogen) atoms. The third-order valence-electron chi connectivity index (χ3n) is 6.49. The minimum Gasteiger partial charge on any atom is -0.493 e. The molecule has 1 atom stereocenters. The molecule has 192 valence electrons. The first-order valence-corrected chi connectivity index (χ1v) is 12.6. The van der Waals surface area contributed by atoms with Gasteiger partial charge in [0.05, 0.1) is 19.7 Å². The summed E-state index contributed by atoms with van der Waals surface area (Å²) in [6.07, 6.45) is 0. The molecule has 1 N–H and O–H groups in total. The van der Waals surface area contributed by atoms with Gasteiger partial charge in [-0.25, -0.2) is 9.97 Å². The number of benzene rings is 4. The van der Waals surface area contributed by atoms with Crippen molar-refractivity contribution in [3.05, 3.63) is 108 Å². The molecule has 0 aliphatic rings. The van der Waals surface area contributed by atoms with Crippen LogP contribution in [0.3, 0.4) is 0 Å². The molecule has 5 rings (SSSR count). The Balaban J connectivity index is 1.43. The number of methoxy groups -OCH3 is 2. The van der Waals surface area contributed by atoms with Crippen LogP contribution in [-0.4, -0.2) is 24.2 Å². The number of hydrogen-bond donors (Lipinski definition) is 1. The number of nitrogens with one attached hydrogen (secondary N) is 1. The molecule has 0 unspecified atom stereocenters. The highest BCUT2D eigenvalue weighted by molar-refractivity contribution is 5.92. The van der Waals surface area contributed by atoms with Gasteiger partial charge in [-0.15, -0.1) is 0 Å². The third kappa shape index (κ3) is 5.39. The summed E-state index contributed by atoms with van der Waals surface area (Å²) in [4.78, 5) is 9.31. The average molecular weight is 506 g/mol. The fraction of sp³-hybridized carbons (Fsp3) is 0.188. The Hall–Kier alpha value is -4.58. The van der Waals surface area contributed by atoms with E-state index < -0.39 is 0 Å². The first kappa shape index (κ1) is 25.1. The van der Waals surface area contributed by atoms with Gasteiger partial charge in [0, 0.05) is 23.1 Å². The molecule has 0 amide bonds. The molecule has 1 aromatic heterocycles. The maximum atomic E-state index is 6.22. The van der Waals surface area contributed by atoms with Crippen molar-refractivity contribution in [2.45, 2.75) is 26.5 Å². The predicted molar refractivity (Wildman–Crippen MR) is 152 cm³/mol. The lowest BCUT2D eigenvalue weighted by Gasteiger charge is -2.19. The summed E-state index contributed by atoms with van der Waals surface area (Å²) >= 11 is 0. The molecule has 0 spiro atoms. The van der Waals surface area contributed by atoms with Crippen LogP contribution < -0.4 is 19.5 Å². The van der Waals surface area contributed by atoms with Crippen LogP contribution in [0.5, 0.6) is 17.2 Å². The number of aromatic nitrogens is 2. The van der Waals surface area contributed by atoms with Crippen molar-refractivity contribution in [2.75, 3.05) is 19.5 Å². The first-order valence-electron chi connectivity index (χ1n) is 12.6. The maximum absolute atomic E-state index is 6.22. The second-order valence-electron chi connectivity index (χ2n) is 9.11. The number of aryl methyl sites for hydroxylation is 1. The zero-order valence-electron chi connectivity index (χ0n) is 22.1. The molecule has 4 aromatic carbocycles. The van der Waals surface area contributed by atoms with Gasteiger partial charge in [-0.3, -0.25) is 0 Å². The number of nitrogens with zero attached hydrogens (tertiary/aromatic N) is 2. The Labute approximate surface area is 223 Å². The summed E-state index contributed by atoms with van der Waals surface area (Å²) in [5.74, 6) is 3.55. The van der Waals surface area contributed by atoms with Crippen LogP contribution in [0, 0.1) is 6.92 Å².